The van der Waals surface area contributed by atoms with Gasteiger partial charge >= 0.3 is 0 Å². The van der Waals surface area contributed by atoms with Gasteiger partial charge in [0.05, 0.1) is 0 Å². The first-order valence-electron chi connectivity index (χ1n) is 4.83. The highest BCUT2D eigenvalue weighted by Gasteiger charge is 2.10. The Kier molecular flexibility index (Phi) is 2.40. The monoisotopic (exact) mass is 161 g/mol. The van der Waals surface area contributed by atoms with Gasteiger partial charge in [-0.3, -0.25) is 4.99 Å². The number of allylic oxidation sites excluding steroid dienone is 4. The SMILES string of the molecule is C1=CC(CC2=CCC=N2)CCC1. The predicted molar refractivity (Wildman–Crippen MR) is 52.3 cm³/mol. The second kappa shape index (κ2) is 3.70. The van der Waals surface area contributed by atoms with E-state index in [2.05, 4.69) is 23.2 Å². The molecule has 1 nitrogen and oxygen atoms in total. The summed E-state index contributed by atoms with van der Waals surface area (Å²) in [6.07, 6.45) is 15.1. The van der Waals surface area contributed by atoms with Crippen molar-refractivity contribution in [2.45, 2.75) is 32.1 Å². The van der Waals surface area contributed by atoms with Crippen LogP contribution >= 0.6 is 0 Å². The summed E-state index contributed by atoms with van der Waals surface area (Å²) in [4.78, 5) is 4.33. The van der Waals surface area contributed by atoms with Crippen molar-refractivity contribution in [2.75, 3.05) is 0 Å². The van der Waals surface area contributed by atoms with Crippen LogP contribution in [0.3, 0.4) is 0 Å². The van der Waals surface area contributed by atoms with Crippen molar-refractivity contribution in [3.05, 3.63) is 23.9 Å². The lowest BCUT2D eigenvalue weighted by molar-refractivity contribution is 0.535. The minimum absolute atomic E-state index is 0.764. The van der Waals surface area contributed by atoms with Crippen LogP contribution in [-0.4, -0.2) is 6.21 Å². The van der Waals surface area contributed by atoms with Crippen LogP contribution in [0.2, 0.25) is 0 Å². The lowest BCUT2D eigenvalue weighted by Gasteiger charge is -2.15. The van der Waals surface area contributed by atoms with Gasteiger partial charge in [0.2, 0.25) is 0 Å². The maximum atomic E-state index is 4.33. The van der Waals surface area contributed by atoms with E-state index in [4.69, 9.17) is 0 Å². The van der Waals surface area contributed by atoms with E-state index in [9.17, 15) is 0 Å². The zero-order valence-corrected chi connectivity index (χ0v) is 7.37. The smallest absolute Gasteiger partial charge is 0.0369 e. The van der Waals surface area contributed by atoms with Gasteiger partial charge in [0.1, 0.15) is 0 Å². The van der Waals surface area contributed by atoms with Gasteiger partial charge in [-0.25, -0.2) is 0 Å². The second-order valence-corrected chi connectivity index (χ2v) is 3.57. The fourth-order valence-electron chi connectivity index (χ4n) is 1.87. The van der Waals surface area contributed by atoms with E-state index in [1.54, 1.807) is 0 Å². The molecule has 0 saturated carbocycles. The van der Waals surface area contributed by atoms with E-state index in [0.717, 1.165) is 18.8 Å². The zero-order valence-electron chi connectivity index (χ0n) is 7.37. The van der Waals surface area contributed by atoms with Gasteiger partial charge in [0.25, 0.3) is 0 Å². The number of hydrogen-bond acceptors (Lipinski definition) is 1. The van der Waals surface area contributed by atoms with Crippen LogP contribution in [0.25, 0.3) is 0 Å². The third kappa shape index (κ3) is 1.84. The van der Waals surface area contributed by atoms with Gasteiger partial charge in [0.15, 0.2) is 0 Å². The predicted octanol–water partition coefficient (Wildman–Crippen LogP) is 3.09. The molecule has 2 aliphatic rings. The van der Waals surface area contributed by atoms with Crippen molar-refractivity contribution in [3.8, 4) is 0 Å². The number of aliphatic imine (C=N–C) groups is 1. The van der Waals surface area contributed by atoms with Crippen molar-refractivity contribution in [3.63, 3.8) is 0 Å². The fraction of sp³-hybridized carbons (Fsp3) is 0.545. The van der Waals surface area contributed by atoms with Crippen LogP contribution in [0.15, 0.2) is 28.9 Å². The average Bonchev–Trinajstić information content (AvgIpc) is 2.59. The molecule has 1 aliphatic heterocycles. The van der Waals surface area contributed by atoms with Gasteiger partial charge in [-0.1, -0.05) is 18.2 Å². The first-order chi connectivity index (χ1) is 5.95. The highest BCUT2D eigenvalue weighted by molar-refractivity contribution is 5.64. The Balaban J connectivity index is 1.89. The van der Waals surface area contributed by atoms with Crippen molar-refractivity contribution in [1.82, 2.24) is 0 Å². The molecule has 12 heavy (non-hydrogen) atoms. The Labute approximate surface area is 73.9 Å². The maximum Gasteiger partial charge on any atom is 0.0369 e. The Bertz CT molecular complexity index is 235. The van der Waals surface area contributed by atoms with E-state index in [-0.39, 0.29) is 0 Å². The van der Waals surface area contributed by atoms with Gasteiger partial charge in [0, 0.05) is 18.3 Å². The quantitative estimate of drug-likeness (QED) is 0.552. The van der Waals surface area contributed by atoms with E-state index in [0.29, 0.717) is 0 Å². The molecule has 0 aromatic heterocycles. The molecule has 0 spiro atoms. The van der Waals surface area contributed by atoms with Gasteiger partial charge in [-0.15, -0.1) is 0 Å². The Morgan fingerprint density at radius 1 is 1.50 bits per heavy atom. The first-order valence-corrected chi connectivity index (χ1v) is 4.83. The summed E-state index contributed by atoms with van der Waals surface area (Å²) >= 11 is 0. The summed E-state index contributed by atoms with van der Waals surface area (Å²) in [7, 11) is 0. The molecule has 0 saturated heterocycles. The number of hydrogen-bond donors (Lipinski definition) is 0. The van der Waals surface area contributed by atoms with Crippen LogP contribution < -0.4 is 0 Å². The number of rotatable bonds is 2. The molecular weight excluding hydrogens is 146 g/mol. The minimum Gasteiger partial charge on any atom is -0.266 e. The third-order valence-electron chi connectivity index (χ3n) is 2.54. The first kappa shape index (κ1) is 7.78. The van der Waals surface area contributed by atoms with E-state index in [1.807, 2.05) is 6.21 Å². The van der Waals surface area contributed by atoms with E-state index < -0.39 is 0 Å². The molecule has 1 heteroatoms. The number of nitrogens with zero attached hydrogens (tertiary/aromatic N) is 1. The summed E-state index contributed by atoms with van der Waals surface area (Å²) in [5, 5.41) is 0. The molecule has 0 aromatic rings. The van der Waals surface area contributed by atoms with Gasteiger partial charge < -0.3 is 0 Å². The average molecular weight is 161 g/mol. The van der Waals surface area contributed by atoms with Gasteiger partial charge in [-0.2, -0.15) is 0 Å². The Morgan fingerprint density at radius 2 is 2.50 bits per heavy atom. The molecular formula is C11H15N. The lowest BCUT2D eigenvalue weighted by atomic mass is 9.92. The molecule has 64 valence electrons. The molecule has 1 heterocycles. The molecule has 0 fully saturated rings. The maximum absolute atomic E-state index is 4.33. The standard InChI is InChI=1S/C11H15N/c1-2-5-10(6-3-1)9-11-7-4-8-12-11/h2,5,7-8,10H,1,3-4,6,9H2. The van der Waals surface area contributed by atoms with Gasteiger partial charge in [-0.05, 0) is 31.6 Å². The third-order valence-corrected chi connectivity index (χ3v) is 2.54. The van der Waals surface area contributed by atoms with Crippen molar-refractivity contribution >= 4 is 6.21 Å². The molecule has 1 atom stereocenters. The molecule has 0 radical (unpaired) electrons. The minimum atomic E-state index is 0.764. The molecule has 1 unspecified atom stereocenters. The molecule has 2 rings (SSSR count). The fourth-order valence-corrected chi connectivity index (χ4v) is 1.87. The summed E-state index contributed by atoms with van der Waals surface area (Å²) < 4.78 is 0. The van der Waals surface area contributed by atoms with E-state index >= 15 is 0 Å². The van der Waals surface area contributed by atoms with Crippen LogP contribution in [-0.2, 0) is 0 Å². The van der Waals surface area contributed by atoms with Crippen LogP contribution in [0.5, 0.6) is 0 Å². The molecule has 0 N–H and O–H groups in total. The largest absolute Gasteiger partial charge is 0.266 e. The van der Waals surface area contributed by atoms with E-state index in [1.165, 1.54) is 25.0 Å². The van der Waals surface area contributed by atoms with Crippen LogP contribution in [0, 0.1) is 5.92 Å². The summed E-state index contributed by atoms with van der Waals surface area (Å²) in [5.41, 5.74) is 1.30. The normalized spacial score (nSPS) is 27.7. The summed E-state index contributed by atoms with van der Waals surface area (Å²) in [6.45, 7) is 0. The van der Waals surface area contributed by atoms with Crippen LogP contribution in [0.4, 0.5) is 0 Å². The second-order valence-electron chi connectivity index (χ2n) is 3.57. The van der Waals surface area contributed by atoms with Crippen molar-refractivity contribution in [1.29, 1.82) is 0 Å². The van der Waals surface area contributed by atoms with Crippen molar-refractivity contribution < 1.29 is 0 Å². The zero-order chi connectivity index (χ0) is 8.23. The molecule has 1 aliphatic carbocycles. The molecule has 0 aromatic carbocycles. The molecule has 0 bridgehead atoms. The molecule has 0 amide bonds. The summed E-state index contributed by atoms with van der Waals surface area (Å²) in [6, 6.07) is 0. The Morgan fingerprint density at radius 3 is 3.17 bits per heavy atom. The lowest BCUT2D eigenvalue weighted by Crippen LogP contribution is -2.00. The van der Waals surface area contributed by atoms with Crippen molar-refractivity contribution in [2.24, 2.45) is 10.9 Å². The summed E-state index contributed by atoms with van der Waals surface area (Å²) in [5.74, 6) is 0.764. The Hall–Kier alpha value is -0.850. The topological polar surface area (TPSA) is 12.4 Å². The highest BCUT2D eigenvalue weighted by Crippen LogP contribution is 2.25. The highest BCUT2D eigenvalue weighted by atomic mass is 14.7. The van der Waals surface area contributed by atoms with Crippen LogP contribution in [0.1, 0.15) is 32.1 Å².